The Labute approximate surface area is 128 Å². The number of hydrogen-bond acceptors (Lipinski definition) is 2. The first-order valence-electron chi connectivity index (χ1n) is 6.33. The summed E-state index contributed by atoms with van der Waals surface area (Å²) in [6.07, 6.45) is 1.98. The third-order valence-corrected chi connectivity index (χ3v) is 6.74. The van der Waals surface area contributed by atoms with Crippen LogP contribution in [0.2, 0.25) is 0 Å². The van der Waals surface area contributed by atoms with Crippen molar-refractivity contribution in [3.63, 3.8) is 0 Å². The molecule has 0 saturated carbocycles. The van der Waals surface area contributed by atoms with E-state index in [1.165, 1.54) is 0 Å². The molecule has 1 saturated heterocycles. The predicted molar refractivity (Wildman–Crippen MR) is 80.9 cm³/mol. The lowest BCUT2D eigenvalue weighted by molar-refractivity contribution is 0.452. The summed E-state index contributed by atoms with van der Waals surface area (Å²) < 4.78 is 27.3. The number of hydrogen-bond donors (Lipinski definition) is 0. The zero-order chi connectivity index (χ0) is 14.0. The number of benzene rings is 1. The normalized spacial score (nSPS) is 20.9. The molecule has 0 amide bonds. The second kappa shape index (κ2) is 6.12. The molecule has 1 aromatic carbocycles. The Morgan fingerprint density at radius 1 is 1.47 bits per heavy atom. The van der Waals surface area contributed by atoms with Crippen molar-refractivity contribution in [3.05, 3.63) is 28.2 Å². The maximum Gasteiger partial charge on any atom is 0.244 e. The van der Waals surface area contributed by atoms with E-state index in [1.54, 1.807) is 22.5 Å². The van der Waals surface area contributed by atoms with Crippen molar-refractivity contribution in [3.8, 4) is 0 Å². The predicted octanol–water partition coefficient (Wildman–Crippen LogP) is 3.61. The van der Waals surface area contributed by atoms with Gasteiger partial charge in [-0.1, -0.05) is 19.4 Å². The van der Waals surface area contributed by atoms with Gasteiger partial charge in [0.05, 0.1) is 4.90 Å². The second-order valence-electron chi connectivity index (χ2n) is 4.82. The maximum atomic E-state index is 12.6. The summed E-state index contributed by atoms with van der Waals surface area (Å²) in [6.45, 7) is 3.35. The van der Waals surface area contributed by atoms with Gasteiger partial charge in [-0.25, -0.2) is 8.42 Å². The standard InChI is InChI=1S/C13H17BrClNO2S/c1-2-10-5-6-16(9-10)19(17,18)13-4-3-11(8-15)7-12(13)14/h3-4,7,10H,2,5-6,8-9H2,1H3. The average Bonchev–Trinajstić information content (AvgIpc) is 2.87. The van der Waals surface area contributed by atoms with Crippen molar-refractivity contribution < 1.29 is 8.42 Å². The number of nitrogens with zero attached hydrogens (tertiary/aromatic N) is 1. The summed E-state index contributed by atoms with van der Waals surface area (Å²) >= 11 is 9.09. The Balaban J connectivity index is 2.30. The Kier molecular flexibility index (Phi) is 4.93. The van der Waals surface area contributed by atoms with E-state index in [-0.39, 0.29) is 0 Å². The van der Waals surface area contributed by atoms with Gasteiger partial charge in [0, 0.05) is 23.4 Å². The van der Waals surface area contributed by atoms with Gasteiger partial charge in [0.15, 0.2) is 0 Å². The Morgan fingerprint density at radius 3 is 2.74 bits per heavy atom. The van der Waals surface area contributed by atoms with E-state index >= 15 is 0 Å². The molecule has 1 aliphatic heterocycles. The smallest absolute Gasteiger partial charge is 0.207 e. The third kappa shape index (κ3) is 3.15. The van der Waals surface area contributed by atoms with Crippen molar-refractivity contribution in [1.29, 1.82) is 0 Å². The molecular weight excluding hydrogens is 350 g/mol. The van der Waals surface area contributed by atoms with E-state index in [9.17, 15) is 8.42 Å². The van der Waals surface area contributed by atoms with Crippen molar-refractivity contribution in [2.45, 2.75) is 30.5 Å². The largest absolute Gasteiger partial charge is 0.244 e. The molecule has 0 bridgehead atoms. The van der Waals surface area contributed by atoms with Gasteiger partial charge in [0.25, 0.3) is 0 Å². The van der Waals surface area contributed by atoms with Gasteiger partial charge in [-0.2, -0.15) is 4.31 Å². The van der Waals surface area contributed by atoms with E-state index in [1.807, 2.05) is 0 Å². The fraction of sp³-hybridized carbons (Fsp3) is 0.538. The fourth-order valence-electron chi connectivity index (χ4n) is 2.32. The lowest BCUT2D eigenvalue weighted by Crippen LogP contribution is -2.29. The lowest BCUT2D eigenvalue weighted by atomic mass is 10.1. The summed E-state index contributed by atoms with van der Waals surface area (Å²) in [4.78, 5) is 0.332. The molecule has 2 rings (SSSR count). The van der Waals surface area contributed by atoms with Crippen molar-refractivity contribution >= 4 is 37.6 Å². The second-order valence-corrected chi connectivity index (χ2v) is 7.85. The van der Waals surface area contributed by atoms with Crippen LogP contribution in [-0.4, -0.2) is 25.8 Å². The van der Waals surface area contributed by atoms with Crippen LogP contribution in [0.3, 0.4) is 0 Å². The van der Waals surface area contributed by atoms with Gasteiger partial charge in [-0.3, -0.25) is 0 Å². The van der Waals surface area contributed by atoms with Crippen molar-refractivity contribution in [2.24, 2.45) is 5.92 Å². The number of halogens is 2. The van der Waals surface area contributed by atoms with Crippen LogP contribution < -0.4 is 0 Å². The van der Waals surface area contributed by atoms with Gasteiger partial charge < -0.3 is 0 Å². The van der Waals surface area contributed by atoms with E-state index in [0.29, 0.717) is 34.3 Å². The van der Waals surface area contributed by atoms with Gasteiger partial charge >= 0.3 is 0 Å². The Hall–Kier alpha value is -0.100. The molecule has 1 aliphatic rings. The van der Waals surface area contributed by atoms with E-state index in [2.05, 4.69) is 22.9 Å². The highest BCUT2D eigenvalue weighted by molar-refractivity contribution is 9.10. The molecule has 0 spiro atoms. The first-order valence-corrected chi connectivity index (χ1v) is 9.10. The first kappa shape index (κ1) is 15.3. The average molecular weight is 367 g/mol. The molecule has 1 atom stereocenters. The molecule has 0 aliphatic carbocycles. The van der Waals surface area contributed by atoms with Gasteiger partial charge in [0.2, 0.25) is 10.0 Å². The van der Waals surface area contributed by atoms with E-state index in [0.717, 1.165) is 18.4 Å². The highest BCUT2D eigenvalue weighted by Crippen LogP contribution is 2.30. The summed E-state index contributed by atoms with van der Waals surface area (Å²) in [7, 11) is -3.39. The van der Waals surface area contributed by atoms with Crippen LogP contribution in [0.15, 0.2) is 27.6 Å². The summed E-state index contributed by atoms with van der Waals surface area (Å²) in [6, 6.07) is 5.17. The lowest BCUT2D eigenvalue weighted by Gasteiger charge is -2.17. The molecule has 1 aromatic rings. The van der Waals surface area contributed by atoms with Crippen LogP contribution in [-0.2, 0) is 15.9 Å². The van der Waals surface area contributed by atoms with Crippen LogP contribution in [0, 0.1) is 5.92 Å². The maximum absolute atomic E-state index is 12.6. The molecule has 1 heterocycles. The van der Waals surface area contributed by atoms with Crippen LogP contribution in [0.5, 0.6) is 0 Å². The summed E-state index contributed by atoms with van der Waals surface area (Å²) in [5.74, 6) is 0.858. The number of sulfonamides is 1. The quantitative estimate of drug-likeness (QED) is 0.763. The van der Waals surface area contributed by atoms with Crippen LogP contribution in [0.1, 0.15) is 25.3 Å². The third-order valence-electron chi connectivity index (χ3n) is 3.59. The first-order chi connectivity index (χ1) is 8.98. The minimum Gasteiger partial charge on any atom is -0.207 e. The van der Waals surface area contributed by atoms with Gasteiger partial charge in [-0.05, 0) is 46.0 Å². The Morgan fingerprint density at radius 2 is 2.21 bits per heavy atom. The minimum absolute atomic E-state index is 0.332. The minimum atomic E-state index is -3.39. The highest BCUT2D eigenvalue weighted by atomic mass is 79.9. The Bertz CT molecular complexity index is 562. The van der Waals surface area contributed by atoms with Gasteiger partial charge in [0.1, 0.15) is 0 Å². The monoisotopic (exact) mass is 365 g/mol. The van der Waals surface area contributed by atoms with Gasteiger partial charge in [-0.15, -0.1) is 11.6 Å². The molecule has 19 heavy (non-hydrogen) atoms. The molecular formula is C13H17BrClNO2S. The molecule has 1 fully saturated rings. The SMILES string of the molecule is CCC1CCN(S(=O)(=O)c2ccc(CCl)cc2Br)C1. The molecule has 0 aromatic heterocycles. The zero-order valence-electron chi connectivity index (χ0n) is 10.8. The van der Waals surface area contributed by atoms with Crippen molar-refractivity contribution in [2.75, 3.05) is 13.1 Å². The number of rotatable bonds is 4. The zero-order valence-corrected chi connectivity index (χ0v) is 13.9. The molecule has 1 unspecified atom stereocenters. The molecule has 106 valence electrons. The topological polar surface area (TPSA) is 37.4 Å². The van der Waals surface area contributed by atoms with E-state index in [4.69, 9.17) is 11.6 Å². The highest BCUT2D eigenvalue weighted by Gasteiger charge is 2.32. The molecule has 6 heteroatoms. The van der Waals surface area contributed by atoms with Crippen LogP contribution >= 0.6 is 27.5 Å². The summed E-state index contributed by atoms with van der Waals surface area (Å²) in [5, 5.41) is 0. The molecule has 0 N–H and O–H groups in total. The molecule has 0 radical (unpaired) electrons. The fourth-order valence-corrected chi connectivity index (χ4v) is 5.11. The summed E-state index contributed by atoms with van der Waals surface area (Å²) in [5.41, 5.74) is 0.903. The van der Waals surface area contributed by atoms with Crippen LogP contribution in [0.25, 0.3) is 0 Å². The number of alkyl halides is 1. The van der Waals surface area contributed by atoms with Crippen molar-refractivity contribution in [1.82, 2.24) is 4.31 Å². The van der Waals surface area contributed by atoms with E-state index < -0.39 is 10.0 Å². The van der Waals surface area contributed by atoms with Crippen LogP contribution in [0.4, 0.5) is 0 Å². The molecule has 3 nitrogen and oxygen atoms in total.